The van der Waals surface area contributed by atoms with Gasteiger partial charge >= 0.3 is 0 Å². The number of rotatable bonds is 8. The van der Waals surface area contributed by atoms with Gasteiger partial charge in [-0.05, 0) is 18.6 Å². The van der Waals surface area contributed by atoms with Crippen molar-refractivity contribution in [2.24, 2.45) is 0 Å². The lowest BCUT2D eigenvalue weighted by Crippen LogP contribution is -2.19. The predicted octanol–water partition coefficient (Wildman–Crippen LogP) is 2.66. The Kier molecular flexibility index (Phi) is 7.01. The van der Waals surface area contributed by atoms with Gasteiger partial charge in [-0.2, -0.15) is 0 Å². The van der Waals surface area contributed by atoms with E-state index in [4.69, 9.17) is 16.3 Å². The first-order chi connectivity index (χ1) is 7.36. The Morgan fingerprint density at radius 3 is 2.80 bits per heavy atom. The third kappa shape index (κ3) is 5.52. The predicted molar refractivity (Wildman–Crippen MR) is 66.9 cm³/mol. The van der Waals surface area contributed by atoms with Crippen molar-refractivity contribution in [3.05, 3.63) is 21.9 Å². The van der Waals surface area contributed by atoms with Gasteiger partial charge in [0.05, 0.1) is 13.2 Å². The first-order valence-corrected chi connectivity index (χ1v) is 6.64. The molecule has 1 rings (SSSR count). The van der Waals surface area contributed by atoms with Crippen molar-refractivity contribution in [3.8, 4) is 0 Å². The molecule has 86 valence electrons. The van der Waals surface area contributed by atoms with Gasteiger partial charge in [-0.15, -0.1) is 22.9 Å². The van der Waals surface area contributed by atoms with Gasteiger partial charge in [0.15, 0.2) is 0 Å². The molecule has 0 unspecified atom stereocenters. The van der Waals surface area contributed by atoms with Crippen LogP contribution in [0.1, 0.15) is 16.7 Å². The molecule has 0 fully saturated rings. The molecule has 0 aromatic carbocycles. The van der Waals surface area contributed by atoms with Crippen molar-refractivity contribution in [2.45, 2.75) is 19.9 Å². The molecule has 0 atom stereocenters. The summed E-state index contributed by atoms with van der Waals surface area (Å²) >= 11 is 7.36. The minimum absolute atomic E-state index is 0.574. The molecule has 0 radical (unpaired) electrons. The lowest BCUT2D eigenvalue weighted by molar-refractivity contribution is 0.151. The van der Waals surface area contributed by atoms with Crippen LogP contribution in [0.2, 0.25) is 0 Å². The van der Waals surface area contributed by atoms with E-state index >= 15 is 0 Å². The largest absolute Gasteiger partial charge is 0.379 e. The van der Waals surface area contributed by atoms with Gasteiger partial charge in [-0.25, -0.2) is 0 Å². The van der Waals surface area contributed by atoms with E-state index in [0.29, 0.717) is 12.5 Å². The minimum Gasteiger partial charge on any atom is -0.379 e. The smallest absolute Gasteiger partial charge is 0.0602 e. The van der Waals surface area contributed by atoms with E-state index in [0.717, 1.165) is 26.1 Å². The highest BCUT2D eigenvalue weighted by molar-refractivity contribution is 7.11. The van der Waals surface area contributed by atoms with Crippen LogP contribution >= 0.6 is 22.9 Å². The summed E-state index contributed by atoms with van der Waals surface area (Å²) in [5, 5.41) is 3.34. The maximum atomic E-state index is 5.49. The normalized spacial score (nSPS) is 10.8. The van der Waals surface area contributed by atoms with E-state index in [2.05, 4.69) is 24.4 Å². The van der Waals surface area contributed by atoms with Crippen LogP contribution in [-0.4, -0.2) is 25.6 Å². The van der Waals surface area contributed by atoms with Gasteiger partial charge in [-0.1, -0.05) is 6.92 Å². The maximum Gasteiger partial charge on any atom is 0.0602 e. The van der Waals surface area contributed by atoms with Crippen LogP contribution in [0.15, 0.2) is 12.1 Å². The topological polar surface area (TPSA) is 21.3 Å². The highest BCUT2D eigenvalue weighted by Gasteiger charge is 1.97. The Hall–Kier alpha value is -0.0900. The van der Waals surface area contributed by atoms with Crippen LogP contribution in [0, 0.1) is 0 Å². The third-order valence-electron chi connectivity index (χ3n) is 2.01. The maximum absolute atomic E-state index is 5.49. The Morgan fingerprint density at radius 1 is 1.33 bits per heavy atom. The van der Waals surface area contributed by atoms with E-state index < -0.39 is 0 Å². The molecule has 1 heterocycles. The van der Waals surface area contributed by atoms with Crippen molar-refractivity contribution in [2.75, 3.05) is 25.6 Å². The number of hydrogen-bond donors (Lipinski definition) is 1. The summed E-state index contributed by atoms with van der Waals surface area (Å²) in [5.41, 5.74) is 0. The van der Waals surface area contributed by atoms with Crippen LogP contribution in [0.4, 0.5) is 0 Å². The number of hydrogen-bond acceptors (Lipinski definition) is 3. The lowest BCUT2D eigenvalue weighted by Gasteiger charge is -2.03. The van der Waals surface area contributed by atoms with Crippen molar-refractivity contribution in [1.82, 2.24) is 5.32 Å². The first-order valence-electron chi connectivity index (χ1n) is 5.28. The molecular formula is C11H18ClNOS. The Morgan fingerprint density at radius 2 is 2.13 bits per heavy atom. The molecule has 2 nitrogen and oxygen atoms in total. The van der Waals surface area contributed by atoms with Gasteiger partial charge in [0, 0.05) is 28.7 Å². The molecule has 0 spiro atoms. The summed E-state index contributed by atoms with van der Waals surface area (Å²) in [6, 6.07) is 4.39. The Balaban J connectivity index is 2.04. The van der Waals surface area contributed by atoms with Crippen molar-refractivity contribution >= 4 is 22.9 Å². The van der Waals surface area contributed by atoms with Crippen molar-refractivity contribution < 1.29 is 4.74 Å². The van der Waals surface area contributed by atoms with Gasteiger partial charge in [0.2, 0.25) is 0 Å². The summed E-state index contributed by atoms with van der Waals surface area (Å²) < 4.78 is 5.26. The van der Waals surface area contributed by atoms with E-state index in [1.807, 2.05) is 11.3 Å². The van der Waals surface area contributed by atoms with Crippen LogP contribution in [-0.2, 0) is 17.7 Å². The minimum atomic E-state index is 0.574. The number of ether oxygens (including phenoxy) is 1. The molecule has 0 aliphatic heterocycles. The molecule has 0 amide bonds. The molecule has 1 N–H and O–H groups in total. The zero-order valence-electron chi connectivity index (χ0n) is 9.09. The molecular weight excluding hydrogens is 230 g/mol. The Labute approximate surface area is 101 Å². The fourth-order valence-corrected chi connectivity index (χ4v) is 2.26. The average molecular weight is 248 g/mol. The SMILES string of the molecule is CCc1ccc(CNCCOCCCl)s1. The number of halogens is 1. The van der Waals surface area contributed by atoms with Gasteiger partial charge < -0.3 is 10.1 Å². The van der Waals surface area contributed by atoms with E-state index in [-0.39, 0.29) is 0 Å². The van der Waals surface area contributed by atoms with Crippen LogP contribution in [0.3, 0.4) is 0 Å². The molecule has 4 heteroatoms. The van der Waals surface area contributed by atoms with Crippen molar-refractivity contribution in [1.29, 1.82) is 0 Å². The Bertz CT molecular complexity index is 265. The molecule has 0 saturated carbocycles. The molecule has 0 bridgehead atoms. The van der Waals surface area contributed by atoms with Crippen LogP contribution in [0.5, 0.6) is 0 Å². The van der Waals surface area contributed by atoms with Crippen molar-refractivity contribution in [3.63, 3.8) is 0 Å². The second-order valence-electron chi connectivity index (χ2n) is 3.20. The quantitative estimate of drug-likeness (QED) is 0.563. The highest BCUT2D eigenvalue weighted by Crippen LogP contribution is 2.16. The zero-order valence-corrected chi connectivity index (χ0v) is 10.7. The molecule has 0 aliphatic rings. The van der Waals surface area contributed by atoms with E-state index in [9.17, 15) is 0 Å². The molecule has 1 aromatic heterocycles. The second kappa shape index (κ2) is 8.11. The molecule has 0 aliphatic carbocycles. The monoisotopic (exact) mass is 247 g/mol. The summed E-state index contributed by atoms with van der Waals surface area (Å²) in [6.07, 6.45) is 1.13. The summed E-state index contributed by atoms with van der Waals surface area (Å²) in [4.78, 5) is 2.84. The van der Waals surface area contributed by atoms with Gasteiger partial charge in [-0.3, -0.25) is 0 Å². The zero-order chi connectivity index (χ0) is 10.9. The van der Waals surface area contributed by atoms with Crippen LogP contribution in [0.25, 0.3) is 0 Å². The first kappa shape index (κ1) is 13.0. The summed E-state index contributed by atoms with van der Waals surface area (Å²) in [5.74, 6) is 0.574. The van der Waals surface area contributed by atoms with Gasteiger partial charge in [0.1, 0.15) is 0 Å². The average Bonchev–Trinajstić information content (AvgIpc) is 2.71. The summed E-state index contributed by atoms with van der Waals surface area (Å²) in [7, 11) is 0. The number of nitrogens with one attached hydrogen (secondary N) is 1. The molecule has 1 aromatic rings. The molecule has 15 heavy (non-hydrogen) atoms. The fourth-order valence-electron chi connectivity index (χ4n) is 1.22. The third-order valence-corrected chi connectivity index (χ3v) is 3.39. The highest BCUT2D eigenvalue weighted by atomic mass is 35.5. The number of aryl methyl sites for hydroxylation is 1. The second-order valence-corrected chi connectivity index (χ2v) is 4.83. The number of alkyl halides is 1. The molecule has 0 saturated heterocycles. The number of thiophene rings is 1. The van der Waals surface area contributed by atoms with Crippen LogP contribution < -0.4 is 5.32 Å². The standard InChI is InChI=1S/C11H18ClNOS/c1-2-10-3-4-11(15-10)9-13-6-8-14-7-5-12/h3-4,13H,2,5-9H2,1H3. The fraction of sp³-hybridized carbons (Fsp3) is 0.636. The lowest BCUT2D eigenvalue weighted by atomic mass is 10.3. The summed E-state index contributed by atoms with van der Waals surface area (Å²) in [6.45, 7) is 5.38. The van der Waals surface area contributed by atoms with Gasteiger partial charge in [0.25, 0.3) is 0 Å². The van der Waals surface area contributed by atoms with E-state index in [1.54, 1.807) is 0 Å². The van der Waals surface area contributed by atoms with E-state index in [1.165, 1.54) is 9.75 Å².